The molecule has 0 saturated heterocycles. The number of aliphatic carboxylic acids is 1. The van der Waals surface area contributed by atoms with E-state index in [2.05, 4.69) is 0 Å². The molecule has 0 aliphatic carbocycles. The number of ether oxygens (including phenoxy) is 1. The number of rotatable bonds is 6. The summed E-state index contributed by atoms with van der Waals surface area (Å²) >= 11 is 0. The van der Waals surface area contributed by atoms with Gasteiger partial charge in [0.15, 0.2) is 0 Å². The molecule has 0 aliphatic heterocycles. The van der Waals surface area contributed by atoms with E-state index in [0.717, 1.165) is 5.56 Å². The maximum atomic E-state index is 11.2. The molecular weight excluding hydrogens is 216 g/mol. The van der Waals surface area contributed by atoms with Crippen molar-refractivity contribution < 1.29 is 14.6 Å². The molecule has 0 spiro atoms. The van der Waals surface area contributed by atoms with Gasteiger partial charge in [-0.05, 0) is 32.3 Å². The lowest BCUT2D eigenvalue weighted by Crippen LogP contribution is -2.22. The molecule has 0 fully saturated rings. The predicted molar refractivity (Wildman–Crippen MR) is 67.1 cm³/mol. The highest BCUT2D eigenvalue weighted by molar-refractivity contribution is 5.70. The first kappa shape index (κ1) is 13.7. The van der Waals surface area contributed by atoms with Gasteiger partial charge < -0.3 is 9.84 Å². The standard InChI is InChI=1S/C14H20O3/c1-10-4-6-12(7-5-10)9-13(14(15)16)8-11(2)17-3/h4-7,11,13H,8-9H2,1-3H3,(H,15,16). The minimum atomic E-state index is -0.755. The van der Waals surface area contributed by atoms with Crippen LogP contribution < -0.4 is 0 Å². The van der Waals surface area contributed by atoms with Gasteiger partial charge in [-0.2, -0.15) is 0 Å². The Balaban J connectivity index is 2.66. The Kier molecular flexibility index (Phi) is 5.16. The van der Waals surface area contributed by atoms with Crippen molar-refractivity contribution in [3.05, 3.63) is 35.4 Å². The molecule has 0 aromatic heterocycles. The number of benzene rings is 1. The third-order valence-electron chi connectivity index (χ3n) is 2.97. The fraction of sp³-hybridized carbons (Fsp3) is 0.500. The first-order valence-electron chi connectivity index (χ1n) is 5.84. The largest absolute Gasteiger partial charge is 0.481 e. The van der Waals surface area contributed by atoms with E-state index in [1.54, 1.807) is 7.11 Å². The molecule has 0 aliphatic rings. The summed E-state index contributed by atoms with van der Waals surface area (Å²) in [6.07, 6.45) is 1.07. The summed E-state index contributed by atoms with van der Waals surface area (Å²) in [5.74, 6) is -1.14. The quantitative estimate of drug-likeness (QED) is 0.826. The Morgan fingerprint density at radius 1 is 1.35 bits per heavy atom. The Labute approximate surface area is 102 Å². The Morgan fingerprint density at radius 2 is 1.94 bits per heavy atom. The topological polar surface area (TPSA) is 46.5 Å². The fourth-order valence-corrected chi connectivity index (χ4v) is 1.78. The van der Waals surface area contributed by atoms with Crippen molar-refractivity contribution in [2.75, 3.05) is 7.11 Å². The smallest absolute Gasteiger partial charge is 0.306 e. The molecular formula is C14H20O3. The first-order valence-corrected chi connectivity index (χ1v) is 5.84. The van der Waals surface area contributed by atoms with Crippen molar-refractivity contribution in [1.82, 2.24) is 0 Å². The SMILES string of the molecule is COC(C)CC(Cc1ccc(C)cc1)C(=O)O. The lowest BCUT2D eigenvalue weighted by molar-refractivity contribution is -0.142. The van der Waals surface area contributed by atoms with Gasteiger partial charge in [-0.25, -0.2) is 0 Å². The van der Waals surface area contributed by atoms with Gasteiger partial charge in [0.25, 0.3) is 0 Å². The van der Waals surface area contributed by atoms with Gasteiger partial charge in [0.05, 0.1) is 12.0 Å². The van der Waals surface area contributed by atoms with E-state index in [1.807, 2.05) is 38.1 Å². The van der Waals surface area contributed by atoms with Crippen LogP contribution in [0.3, 0.4) is 0 Å². The van der Waals surface area contributed by atoms with Crippen molar-refractivity contribution in [2.45, 2.75) is 32.8 Å². The Hall–Kier alpha value is -1.35. The van der Waals surface area contributed by atoms with Gasteiger partial charge >= 0.3 is 5.97 Å². The maximum Gasteiger partial charge on any atom is 0.306 e. The fourth-order valence-electron chi connectivity index (χ4n) is 1.78. The van der Waals surface area contributed by atoms with Crippen molar-refractivity contribution in [3.63, 3.8) is 0 Å². The van der Waals surface area contributed by atoms with Gasteiger partial charge in [0.2, 0.25) is 0 Å². The predicted octanol–water partition coefficient (Wildman–Crippen LogP) is 2.66. The number of hydrogen-bond acceptors (Lipinski definition) is 2. The van der Waals surface area contributed by atoms with Crippen LogP contribution in [0.2, 0.25) is 0 Å². The lowest BCUT2D eigenvalue weighted by atomic mass is 9.94. The highest BCUT2D eigenvalue weighted by Gasteiger charge is 2.20. The zero-order valence-corrected chi connectivity index (χ0v) is 10.6. The van der Waals surface area contributed by atoms with Crippen LogP contribution in [0.15, 0.2) is 24.3 Å². The minimum Gasteiger partial charge on any atom is -0.481 e. The molecule has 0 radical (unpaired) electrons. The number of methoxy groups -OCH3 is 1. The van der Waals surface area contributed by atoms with E-state index >= 15 is 0 Å². The second kappa shape index (κ2) is 6.40. The molecule has 1 rings (SSSR count). The Morgan fingerprint density at radius 3 is 2.41 bits per heavy atom. The first-order chi connectivity index (χ1) is 8.02. The number of carbonyl (C=O) groups is 1. The zero-order valence-electron chi connectivity index (χ0n) is 10.6. The van der Waals surface area contributed by atoms with Gasteiger partial charge in [0, 0.05) is 7.11 Å². The van der Waals surface area contributed by atoms with Crippen LogP contribution in [0.5, 0.6) is 0 Å². The lowest BCUT2D eigenvalue weighted by Gasteiger charge is -2.16. The molecule has 0 saturated carbocycles. The van der Waals surface area contributed by atoms with E-state index in [1.165, 1.54) is 5.56 Å². The Bertz CT molecular complexity index is 356. The zero-order chi connectivity index (χ0) is 12.8. The van der Waals surface area contributed by atoms with Crippen LogP contribution >= 0.6 is 0 Å². The number of aryl methyl sites for hydroxylation is 1. The van der Waals surface area contributed by atoms with Gasteiger partial charge in [-0.15, -0.1) is 0 Å². The van der Waals surface area contributed by atoms with Crippen molar-refractivity contribution in [1.29, 1.82) is 0 Å². The van der Waals surface area contributed by atoms with Crippen molar-refractivity contribution >= 4 is 5.97 Å². The van der Waals surface area contributed by atoms with Crippen LogP contribution in [-0.4, -0.2) is 24.3 Å². The number of carboxylic acid groups (broad SMARTS) is 1. The highest BCUT2D eigenvalue weighted by Crippen LogP contribution is 2.16. The van der Waals surface area contributed by atoms with Gasteiger partial charge in [-0.1, -0.05) is 29.8 Å². The molecule has 0 bridgehead atoms. The van der Waals surface area contributed by atoms with E-state index in [-0.39, 0.29) is 12.0 Å². The summed E-state index contributed by atoms with van der Waals surface area (Å²) in [5, 5.41) is 9.18. The molecule has 0 amide bonds. The van der Waals surface area contributed by atoms with E-state index < -0.39 is 5.97 Å². The molecule has 1 N–H and O–H groups in total. The maximum absolute atomic E-state index is 11.2. The van der Waals surface area contributed by atoms with Crippen LogP contribution in [0.4, 0.5) is 0 Å². The monoisotopic (exact) mass is 236 g/mol. The summed E-state index contributed by atoms with van der Waals surface area (Å²) in [7, 11) is 1.61. The molecule has 1 aromatic rings. The third-order valence-corrected chi connectivity index (χ3v) is 2.97. The van der Waals surface area contributed by atoms with E-state index in [4.69, 9.17) is 4.74 Å². The van der Waals surface area contributed by atoms with Crippen LogP contribution in [0.25, 0.3) is 0 Å². The number of carboxylic acids is 1. The average molecular weight is 236 g/mol. The van der Waals surface area contributed by atoms with Gasteiger partial charge in [-0.3, -0.25) is 4.79 Å². The third kappa shape index (κ3) is 4.57. The summed E-state index contributed by atoms with van der Waals surface area (Å²) in [6.45, 7) is 3.91. The van der Waals surface area contributed by atoms with Crippen LogP contribution in [-0.2, 0) is 16.0 Å². The summed E-state index contributed by atoms with van der Waals surface area (Å²) in [6, 6.07) is 7.99. The molecule has 0 heterocycles. The average Bonchev–Trinajstić information content (AvgIpc) is 2.30. The molecule has 2 unspecified atom stereocenters. The highest BCUT2D eigenvalue weighted by atomic mass is 16.5. The number of hydrogen-bond donors (Lipinski definition) is 1. The molecule has 3 heteroatoms. The summed E-state index contributed by atoms with van der Waals surface area (Å²) in [5.41, 5.74) is 2.25. The van der Waals surface area contributed by atoms with E-state index in [9.17, 15) is 9.90 Å². The second-order valence-corrected chi connectivity index (χ2v) is 4.51. The summed E-state index contributed by atoms with van der Waals surface area (Å²) < 4.78 is 5.12. The molecule has 94 valence electrons. The summed E-state index contributed by atoms with van der Waals surface area (Å²) in [4.78, 5) is 11.2. The van der Waals surface area contributed by atoms with Crippen molar-refractivity contribution in [3.8, 4) is 0 Å². The second-order valence-electron chi connectivity index (χ2n) is 4.51. The molecule has 1 aromatic carbocycles. The van der Waals surface area contributed by atoms with Crippen LogP contribution in [0.1, 0.15) is 24.5 Å². The van der Waals surface area contributed by atoms with Gasteiger partial charge in [0.1, 0.15) is 0 Å². The normalized spacial score (nSPS) is 14.3. The van der Waals surface area contributed by atoms with E-state index in [0.29, 0.717) is 12.8 Å². The molecule has 2 atom stereocenters. The van der Waals surface area contributed by atoms with Crippen molar-refractivity contribution in [2.24, 2.45) is 5.92 Å². The minimum absolute atomic E-state index is 0.0263. The van der Waals surface area contributed by atoms with Crippen LogP contribution in [0, 0.1) is 12.8 Å². The molecule has 17 heavy (non-hydrogen) atoms. The molecule has 3 nitrogen and oxygen atoms in total.